The molecule has 2 aromatic rings. The third-order valence-corrected chi connectivity index (χ3v) is 5.40. The Morgan fingerprint density at radius 2 is 2.15 bits per heavy atom. The molecule has 2 N–H and O–H groups in total. The summed E-state index contributed by atoms with van der Waals surface area (Å²) in [5.41, 5.74) is 3.43. The molecule has 146 valence electrons. The van der Waals surface area contributed by atoms with Gasteiger partial charge in [0.15, 0.2) is 5.96 Å². The van der Waals surface area contributed by atoms with E-state index in [1.807, 2.05) is 11.6 Å². The van der Waals surface area contributed by atoms with Crippen molar-refractivity contribution in [2.24, 2.45) is 4.99 Å². The van der Waals surface area contributed by atoms with Crippen molar-refractivity contribution in [1.29, 1.82) is 0 Å². The molecule has 2 rings (SSSR count). The van der Waals surface area contributed by atoms with Crippen LogP contribution in [-0.2, 0) is 17.8 Å². The average molecular weight is 491 g/mol. The molecule has 0 aromatic carbocycles. The van der Waals surface area contributed by atoms with Gasteiger partial charge in [-0.25, -0.2) is 0 Å². The number of rotatable bonds is 8. The first-order chi connectivity index (χ1) is 12.1. The standard InChI is InChI=1S/C18H29N5OS.HI/c1-13(17-7-6-10-25-17)11-20-18(19-4)21-12-16-14(2)22-23(15(16)3)8-9-24-5;/h6-7,10,13H,8-9,11-12H2,1-5H3,(H2,19,20,21);1H. The lowest BCUT2D eigenvalue weighted by Crippen LogP contribution is -2.38. The Balaban J connectivity index is 0.00000338. The molecule has 0 bridgehead atoms. The first-order valence-electron chi connectivity index (χ1n) is 8.56. The molecule has 6 nitrogen and oxygen atoms in total. The Morgan fingerprint density at radius 3 is 2.77 bits per heavy atom. The number of aromatic nitrogens is 2. The summed E-state index contributed by atoms with van der Waals surface area (Å²) in [6.07, 6.45) is 0. The molecule has 26 heavy (non-hydrogen) atoms. The van der Waals surface area contributed by atoms with Crippen molar-refractivity contribution in [3.05, 3.63) is 39.3 Å². The van der Waals surface area contributed by atoms with Crippen LogP contribution in [0.15, 0.2) is 22.5 Å². The molecule has 1 unspecified atom stereocenters. The number of guanidine groups is 1. The largest absolute Gasteiger partial charge is 0.383 e. The van der Waals surface area contributed by atoms with Gasteiger partial charge in [0.2, 0.25) is 0 Å². The van der Waals surface area contributed by atoms with Gasteiger partial charge in [-0.2, -0.15) is 5.10 Å². The predicted octanol–water partition coefficient (Wildman–Crippen LogP) is 3.29. The fourth-order valence-electron chi connectivity index (χ4n) is 2.70. The van der Waals surface area contributed by atoms with Gasteiger partial charge in [0.25, 0.3) is 0 Å². The van der Waals surface area contributed by atoms with Crippen LogP contribution in [0.3, 0.4) is 0 Å². The maximum absolute atomic E-state index is 5.15. The molecule has 0 aliphatic heterocycles. The van der Waals surface area contributed by atoms with Crippen LogP contribution in [0.2, 0.25) is 0 Å². The highest BCUT2D eigenvalue weighted by molar-refractivity contribution is 14.0. The number of ether oxygens (including phenoxy) is 1. The van der Waals surface area contributed by atoms with Gasteiger partial charge in [-0.3, -0.25) is 9.67 Å². The fourth-order valence-corrected chi connectivity index (χ4v) is 3.49. The summed E-state index contributed by atoms with van der Waals surface area (Å²) >= 11 is 1.79. The first-order valence-corrected chi connectivity index (χ1v) is 9.44. The molecule has 2 aromatic heterocycles. The molecule has 0 fully saturated rings. The minimum Gasteiger partial charge on any atom is -0.383 e. The molecule has 8 heteroatoms. The summed E-state index contributed by atoms with van der Waals surface area (Å²) < 4.78 is 7.15. The topological polar surface area (TPSA) is 63.5 Å². The van der Waals surface area contributed by atoms with E-state index in [1.165, 1.54) is 16.1 Å². The minimum absolute atomic E-state index is 0. The van der Waals surface area contributed by atoms with E-state index < -0.39 is 0 Å². The van der Waals surface area contributed by atoms with Crippen molar-refractivity contribution >= 4 is 41.3 Å². The third-order valence-electron chi connectivity index (χ3n) is 4.30. The molecule has 0 saturated carbocycles. The van der Waals surface area contributed by atoms with Crippen molar-refractivity contribution in [3.63, 3.8) is 0 Å². The van der Waals surface area contributed by atoms with Crippen LogP contribution < -0.4 is 10.6 Å². The Bertz CT molecular complexity index is 684. The van der Waals surface area contributed by atoms with E-state index >= 15 is 0 Å². The zero-order valence-corrected chi connectivity index (χ0v) is 19.4. The lowest BCUT2D eigenvalue weighted by molar-refractivity contribution is 0.182. The molecule has 0 amide bonds. The monoisotopic (exact) mass is 491 g/mol. The van der Waals surface area contributed by atoms with Gasteiger partial charge in [0.1, 0.15) is 0 Å². The van der Waals surface area contributed by atoms with Crippen molar-refractivity contribution in [2.75, 3.05) is 27.3 Å². The maximum atomic E-state index is 5.15. The Labute approximate surface area is 177 Å². The summed E-state index contributed by atoms with van der Waals surface area (Å²) in [6, 6.07) is 4.27. The number of nitrogens with one attached hydrogen (secondary N) is 2. The van der Waals surface area contributed by atoms with E-state index in [4.69, 9.17) is 4.74 Å². The van der Waals surface area contributed by atoms with Crippen LogP contribution in [0, 0.1) is 13.8 Å². The number of aliphatic imine (C=N–C) groups is 1. The molecule has 0 aliphatic carbocycles. The van der Waals surface area contributed by atoms with Crippen LogP contribution in [-0.4, -0.2) is 43.0 Å². The van der Waals surface area contributed by atoms with Gasteiger partial charge in [-0.1, -0.05) is 13.0 Å². The van der Waals surface area contributed by atoms with E-state index in [0.717, 1.165) is 24.7 Å². The molecular weight excluding hydrogens is 461 g/mol. The van der Waals surface area contributed by atoms with Gasteiger partial charge in [0, 0.05) is 49.3 Å². The predicted molar refractivity (Wildman–Crippen MR) is 120 cm³/mol. The second-order valence-electron chi connectivity index (χ2n) is 6.09. The zero-order valence-electron chi connectivity index (χ0n) is 16.2. The van der Waals surface area contributed by atoms with E-state index in [-0.39, 0.29) is 24.0 Å². The van der Waals surface area contributed by atoms with Gasteiger partial charge in [-0.05, 0) is 25.3 Å². The average Bonchev–Trinajstić information content (AvgIpc) is 3.23. The SMILES string of the molecule is CN=C(NCc1c(C)nn(CCOC)c1C)NCC(C)c1cccs1.I. The zero-order chi connectivity index (χ0) is 18.2. The van der Waals surface area contributed by atoms with Gasteiger partial charge < -0.3 is 15.4 Å². The van der Waals surface area contributed by atoms with E-state index in [0.29, 0.717) is 19.1 Å². The number of aryl methyl sites for hydroxylation is 1. The maximum Gasteiger partial charge on any atom is 0.191 e. The van der Waals surface area contributed by atoms with E-state index in [2.05, 4.69) is 52.1 Å². The lowest BCUT2D eigenvalue weighted by atomic mass is 10.1. The number of hydrogen-bond donors (Lipinski definition) is 2. The number of methoxy groups -OCH3 is 1. The summed E-state index contributed by atoms with van der Waals surface area (Å²) in [6.45, 7) is 9.36. The molecular formula is C18H30IN5OS. The first kappa shape index (κ1) is 22.9. The minimum atomic E-state index is 0. The van der Waals surface area contributed by atoms with Crippen LogP contribution in [0.1, 0.15) is 34.7 Å². The van der Waals surface area contributed by atoms with Crippen LogP contribution >= 0.6 is 35.3 Å². The molecule has 0 spiro atoms. The normalized spacial score (nSPS) is 12.6. The lowest BCUT2D eigenvalue weighted by Gasteiger charge is -2.15. The van der Waals surface area contributed by atoms with E-state index in [9.17, 15) is 0 Å². The number of hydrogen-bond acceptors (Lipinski definition) is 4. The highest BCUT2D eigenvalue weighted by atomic mass is 127. The molecule has 0 saturated heterocycles. The van der Waals surface area contributed by atoms with Gasteiger partial charge in [-0.15, -0.1) is 35.3 Å². The Kier molecular flexibility index (Phi) is 10.2. The number of halogens is 1. The van der Waals surface area contributed by atoms with Crippen molar-refractivity contribution in [2.45, 2.75) is 39.8 Å². The second kappa shape index (κ2) is 11.6. The van der Waals surface area contributed by atoms with Crippen LogP contribution in [0.25, 0.3) is 0 Å². The second-order valence-corrected chi connectivity index (χ2v) is 7.07. The smallest absolute Gasteiger partial charge is 0.191 e. The quantitative estimate of drug-likeness (QED) is 0.338. The Morgan fingerprint density at radius 1 is 1.38 bits per heavy atom. The van der Waals surface area contributed by atoms with Crippen LogP contribution in [0.5, 0.6) is 0 Å². The third kappa shape index (κ3) is 6.24. The van der Waals surface area contributed by atoms with Crippen molar-refractivity contribution < 1.29 is 4.74 Å². The summed E-state index contributed by atoms with van der Waals surface area (Å²) in [4.78, 5) is 5.71. The molecule has 0 aliphatic rings. The molecule has 2 heterocycles. The van der Waals surface area contributed by atoms with E-state index in [1.54, 1.807) is 25.5 Å². The highest BCUT2D eigenvalue weighted by Crippen LogP contribution is 2.19. The van der Waals surface area contributed by atoms with Crippen molar-refractivity contribution in [3.8, 4) is 0 Å². The van der Waals surface area contributed by atoms with Crippen LogP contribution in [0.4, 0.5) is 0 Å². The van der Waals surface area contributed by atoms with Gasteiger partial charge >= 0.3 is 0 Å². The Hall–Kier alpha value is -1.13. The number of nitrogens with zero attached hydrogens (tertiary/aromatic N) is 3. The van der Waals surface area contributed by atoms with Gasteiger partial charge in [0.05, 0.1) is 18.8 Å². The summed E-state index contributed by atoms with van der Waals surface area (Å²) in [5.74, 6) is 1.27. The number of thiophene rings is 1. The summed E-state index contributed by atoms with van der Waals surface area (Å²) in [5, 5.41) is 13.5. The van der Waals surface area contributed by atoms with Crippen molar-refractivity contribution in [1.82, 2.24) is 20.4 Å². The highest BCUT2D eigenvalue weighted by Gasteiger charge is 2.12. The fraction of sp³-hybridized carbons (Fsp3) is 0.556. The molecule has 0 radical (unpaired) electrons. The summed E-state index contributed by atoms with van der Waals surface area (Å²) in [7, 11) is 3.51. The molecule has 1 atom stereocenters.